The van der Waals surface area contributed by atoms with Crippen LogP contribution in [0.25, 0.3) is 0 Å². The average Bonchev–Trinajstić information content (AvgIpc) is 3.34. The molecule has 0 aliphatic rings. The Morgan fingerprint density at radius 2 is 0.618 bits per heavy atom. The number of allylic oxidation sites excluding steroid dienone is 32. The van der Waals surface area contributed by atoms with Gasteiger partial charge in [0.05, 0.1) is 6.61 Å². The number of carbonyl (C=O) groups excluding carboxylic acids is 2. The van der Waals surface area contributed by atoms with Crippen molar-refractivity contribution in [2.75, 3.05) is 13.2 Å². The molecule has 1 unspecified atom stereocenters. The third-order valence-electron chi connectivity index (χ3n) is 9.90. The number of unbranched alkanes of at least 4 members (excludes halogenated alkanes) is 4. The zero-order valence-electron chi connectivity index (χ0n) is 42.5. The van der Waals surface area contributed by atoms with E-state index in [9.17, 15) is 14.7 Å². The average molecular weight is 929 g/mol. The van der Waals surface area contributed by atoms with Crippen LogP contribution in [0.5, 0.6) is 0 Å². The Morgan fingerprint density at radius 1 is 0.338 bits per heavy atom. The van der Waals surface area contributed by atoms with E-state index >= 15 is 0 Å². The van der Waals surface area contributed by atoms with E-state index < -0.39 is 6.10 Å². The number of esters is 2. The molecular formula is C63H92O5. The van der Waals surface area contributed by atoms with Crippen LogP contribution in [0.15, 0.2) is 194 Å². The normalized spacial score (nSPS) is 13.9. The highest BCUT2D eigenvalue weighted by molar-refractivity contribution is 5.70. The molecule has 374 valence electrons. The van der Waals surface area contributed by atoms with Crippen molar-refractivity contribution in [1.82, 2.24) is 0 Å². The molecule has 0 aliphatic carbocycles. The van der Waals surface area contributed by atoms with Crippen LogP contribution in [-0.4, -0.2) is 36.4 Å². The summed E-state index contributed by atoms with van der Waals surface area (Å²) in [6.07, 6.45) is 91.2. The fourth-order valence-electron chi connectivity index (χ4n) is 6.08. The molecular weight excluding hydrogens is 837 g/mol. The molecule has 0 aromatic heterocycles. The van der Waals surface area contributed by atoms with Gasteiger partial charge in [0.1, 0.15) is 6.61 Å². The van der Waals surface area contributed by atoms with Crippen molar-refractivity contribution in [3.63, 3.8) is 0 Å². The van der Waals surface area contributed by atoms with Gasteiger partial charge in [0.15, 0.2) is 6.10 Å². The monoisotopic (exact) mass is 929 g/mol. The molecule has 0 bridgehead atoms. The third kappa shape index (κ3) is 53.4. The predicted molar refractivity (Wildman–Crippen MR) is 296 cm³/mol. The second-order valence-corrected chi connectivity index (χ2v) is 16.1. The smallest absolute Gasteiger partial charge is 0.306 e. The predicted octanol–water partition coefficient (Wildman–Crippen LogP) is 17.7. The molecule has 68 heavy (non-hydrogen) atoms. The minimum Gasteiger partial charge on any atom is -0.462 e. The molecule has 0 aliphatic heterocycles. The topological polar surface area (TPSA) is 72.8 Å². The van der Waals surface area contributed by atoms with Crippen molar-refractivity contribution in [2.45, 2.75) is 174 Å². The van der Waals surface area contributed by atoms with Gasteiger partial charge >= 0.3 is 11.9 Å². The first-order chi connectivity index (χ1) is 33.6. The van der Waals surface area contributed by atoms with E-state index in [-0.39, 0.29) is 31.6 Å². The summed E-state index contributed by atoms with van der Waals surface area (Å²) in [6.45, 7) is 3.79. The molecule has 0 fully saturated rings. The molecule has 1 atom stereocenters. The molecule has 0 heterocycles. The van der Waals surface area contributed by atoms with Crippen molar-refractivity contribution >= 4 is 11.9 Å². The fourth-order valence-corrected chi connectivity index (χ4v) is 6.08. The van der Waals surface area contributed by atoms with Gasteiger partial charge in [0.25, 0.3) is 0 Å². The first-order valence-electron chi connectivity index (χ1n) is 26.0. The van der Waals surface area contributed by atoms with Crippen molar-refractivity contribution in [1.29, 1.82) is 0 Å². The molecule has 0 rings (SSSR count). The number of carbonyl (C=O) groups is 2. The molecule has 0 amide bonds. The molecule has 0 radical (unpaired) electrons. The van der Waals surface area contributed by atoms with E-state index in [0.29, 0.717) is 12.8 Å². The number of hydrogen-bond donors (Lipinski definition) is 1. The van der Waals surface area contributed by atoms with Crippen LogP contribution >= 0.6 is 0 Å². The van der Waals surface area contributed by atoms with Gasteiger partial charge in [-0.05, 0) is 128 Å². The van der Waals surface area contributed by atoms with E-state index in [2.05, 4.69) is 196 Å². The van der Waals surface area contributed by atoms with Gasteiger partial charge in [0, 0.05) is 12.8 Å². The summed E-state index contributed by atoms with van der Waals surface area (Å²) in [4.78, 5) is 24.3. The molecule has 5 nitrogen and oxygen atoms in total. The molecule has 1 N–H and O–H groups in total. The van der Waals surface area contributed by atoms with Crippen molar-refractivity contribution in [3.05, 3.63) is 194 Å². The Balaban J connectivity index is 3.74. The van der Waals surface area contributed by atoms with Gasteiger partial charge in [-0.25, -0.2) is 0 Å². The molecule has 0 spiro atoms. The zero-order valence-corrected chi connectivity index (χ0v) is 42.5. The summed E-state index contributed by atoms with van der Waals surface area (Å²) in [6, 6.07) is 0. The fraction of sp³-hybridized carbons (Fsp3) is 0.460. The number of rotatable bonds is 44. The van der Waals surface area contributed by atoms with Crippen molar-refractivity contribution in [3.8, 4) is 0 Å². The van der Waals surface area contributed by atoms with Gasteiger partial charge in [-0.1, -0.05) is 221 Å². The Hall–Kier alpha value is -5.26. The van der Waals surface area contributed by atoms with Crippen LogP contribution in [0.1, 0.15) is 168 Å². The lowest BCUT2D eigenvalue weighted by Gasteiger charge is -2.15. The Morgan fingerprint density at radius 3 is 0.926 bits per heavy atom. The summed E-state index contributed by atoms with van der Waals surface area (Å²) in [5.41, 5.74) is 0. The SMILES string of the molecule is CC/C=C\C/C=C\C/C=C\C/C=C\C/C=C\C/C=C\C/C=C\C/C=C\C/C=C\C/C=C\C/C=C\C/C=C\CCCCCCC(=O)OC(CO)COC(=O)CC/C=C\C/C=C\C/C=C\C/C=C\CC. The minimum absolute atomic E-state index is 0.128. The standard InChI is InChI=1S/C63H92O5/c1-3-5-7-9-11-13-15-17-18-19-20-21-22-23-24-25-26-27-28-29-30-31-32-33-34-35-36-37-38-39-40-41-42-43-44-46-48-50-52-54-56-58-63(66)68-61(59-64)60-67-62(65)57-55-53-51-49-47-45-16-14-12-10-8-6-4-2/h5-8,11-14,17-18,20-21,23-24,26-27,29-30,32-33,35-36,38-39,41-42,44-47,51,53,61,64H,3-4,9-10,15-16,19,22,25,28,31,34,37,40,43,48-50,52,54-60H2,1-2H3/b7-5-,8-6-,13-11-,14-12-,18-17-,21-20-,24-23-,27-26-,30-29-,33-32-,36-35-,39-38-,42-41-,46-44-,47-45-,53-51-. The number of aliphatic hydroxyl groups excluding tert-OH is 1. The van der Waals surface area contributed by atoms with E-state index in [1.54, 1.807) is 0 Å². The lowest BCUT2D eigenvalue weighted by Crippen LogP contribution is -2.28. The second-order valence-electron chi connectivity index (χ2n) is 16.1. The summed E-state index contributed by atoms with van der Waals surface area (Å²) >= 11 is 0. The van der Waals surface area contributed by atoms with Crippen LogP contribution in [0.3, 0.4) is 0 Å². The second kappa shape index (κ2) is 56.1. The van der Waals surface area contributed by atoms with Crippen LogP contribution in [0, 0.1) is 0 Å². The third-order valence-corrected chi connectivity index (χ3v) is 9.90. The van der Waals surface area contributed by atoms with Gasteiger partial charge in [0.2, 0.25) is 0 Å². The van der Waals surface area contributed by atoms with E-state index in [4.69, 9.17) is 9.47 Å². The summed E-state index contributed by atoms with van der Waals surface area (Å²) in [5, 5.41) is 9.58. The highest BCUT2D eigenvalue weighted by atomic mass is 16.6. The van der Waals surface area contributed by atoms with Crippen LogP contribution < -0.4 is 0 Å². The maximum absolute atomic E-state index is 12.2. The van der Waals surface area contributed by atoms with Crippen molar-refractivity contribution < 1.29 is 24.2 Å². The Labute approximate surface area is 416 Å². The maximum Gasteiger partial charge on any atom is 0.306 e. The highest BCUT2D eigenvalue weighted by Crippen LogP contribution is 2.09. The van der Waals surface area contributed by atoms with E-state index in [1.807, 2.05) is 12.2 Å². The zero-order chi connectivity index (χ0) is 49.2. The number of hydrogen-bond acceptors (Lipinski definition) is 5. The lowest BCUT2D eigenvalue weighted by atomic mass is 10.1. The minimum atomic E-state index is -0.829. The van der Waals surface area contributed by atoms with Crippen LogP contribution in [-0.2, 0) is 19.1 Å². The largest absolute Gasteiger partial charge is 0.462 e. The van der Waals surface area contributed by atoms with E-state index in [1.165, 1.54) is 0 Å². The summed E-state index contributed by atoms with van der Waals surface area (Å²) < 4.78 is 10.5. The molecule has 5 heteroatoms. The van der Waals surface area contributed by atoms with Gasteiger partial charge in [-0.3, -0.25) is 9.59 Å². The highest BCUT2D eigenvalue weighted by Gasteiger charge is 2.15. The molecule has 0 saturated carbocycles. The molecule has 0 aromatic rings. The van der Waals surface area contributed by atoms with Crippen LogP contribution in [0.4, 0.5) is 0 Å². The van der Waals surface area contributed by atoms with Gasteiger partial charge < -0.3 is 14.6 Å². The lowest BCUT2D eigenvalue weighted by molar-refractivity contribution is -0.161. The number of ether oxygens (including phenoxy) is 2. The number of aliphatic hydroxyl groups is 1. The summed E-state index contributed by atoms with van der Waals surface area (Å²) in [7, 11) is 0. The first kappa shape index (κ1) is 62.7. The quantitative estimate of drug-likeness (QED) is 0.0374. The van der Waals surface area contributed by atoms with Gasteiger partial charge in [-0.15, -0.1) is 0 Å². The Bertz CT molecular complexity index is 1660. The van der Waals surface area contributed by atoms with Crippen molar-refractivity contribution in [2.24, 2.45) is 0 Å². The van der Waals surface area contributed by atoms with Crippen LogP contribution in [0.2, 0.25) is 0 Å². The maximum atomic E-state index is 12.2. The van der Waals surface area contributed by atoms with E-state index in [0.717, 1.165) is 135 Å². The van der Waals surface area contributed by atoms with Gasteiger partial charge in [-0.2, -0.15) is 0 Å². The first-order valence-corrected chi connectivity index (χ1v) is 26.0. The molecule has 0 saturated heterocycles. The molecule has 0 aromatic carbocycles. The Kier molecular flexibility index (Phi) is 51.7. The summed E-state index contributed by atoms with van der Waals surface area (Å²) in [5.74, 6) is -0.735.